The van der Waals surface area contributed by atoms with E-state index in [9.17, 15) is 22.8 Å². The van der Waals surface area contributed by atoms with Crippen LogP contribution in [0.15, 0.2) is 24.3 Å². The van der Waals surface area contributed by atoms with Crippen LogP contribution in [0.5, 0.6) is 0 Å². The van der Waals surface area contributed by atoms with Crippen molar-refractivity contribution in [3.8, 4) is 0 Å². The number of ether oxygens (including phenoxy) is 1. The van der Waals surface area contributed by atoms with Crippen LogP contribution in [0.2, 0.25) is 0 Å². The molecule has 1 heterocycles. The monoisotopic (exact) mass is 347 g/mol. The van der Waals surface area contributed by atoms with Crippen molar-refractivity contribution >= 4 is 38.7 Å². The van der Waals surface area contributed by atoms with E-state index in [1.165, 1.54) is 11.3 Å². The van der Waals surface area contributed by atoms with Crippen LogP contribution in [0.4, 0.5) is 23.1 Å². The maximum Gasteiger partial charge on any atom is 0.422 e. The van der Waals surface area contributed by atoms with Crippen LogP contribution in [-0.4, -0.2) is 36.3 Å². The standard InChI is InChI=1S/C13H12F3N3O3S/c14-13(15,16)7-22-12(21)17-6-5-10(20)19-11-18-8-3-1-2-4-9(8)23-11/h1-4H,5-7H2,(H,17,21)(H,18,19,20). The van der Waals surface area contributed by atoms with Gasteiger partial charge in [-0.05, 0) is 12.1 Å². The summed E-state index contributed by atoms with van der Waals surface area (Å²) >= 11 is 1.30. The number of amides is 2. The second-order valence-corrected chi connectivity index (χ2v) is 5.43. The number of benzene rings is 1. The van der Waals surface area contributed by atoms with Crippen molar-refractivity contribution in [1.29, 1.82) is 0 Å². The Hall–Kier alpha value is -2.36. The lowest BCUT2D eigenvalue weighted by atomic mass is 10.3. The Labute approximate surface area is 132 Å². The Balaban J connectivity index is 1.72. The smallest absolute Gasteiger partial charge is 0.422 e. The molecule has 2 N–H and O–H groups in total. The summed E-state index contributed by atoms with van der Waals surface area (Å²) in [4.78, 5) is 26.8. The highest BCUT2D eigenvalue weighted by atomic mass is 32.1. The number of anilines is 1. The molecule has 0 aliphatic heterocycles. The first-order valence-corrected chi connectivity index (χ1v) is 7.28. The molecule has 0 aliphatic carbocycles. The first kappa shape index (κ1) is 17.0. The largest absolute Gasteiger partial charge is 0.440 e. The van der Waals surface area contributed by atoms with Crippen molar-refractivity contribution in [3.05, 3.63) is 24.3 Å². The molecule has 0 fully saturated rings. The highest BCUT2D eigenvalue weighted by Gasteiger charge is 2.29. The summed E-state index contributed by atoms with van der Waals surface area (Å²) in [5.41, 5.74) is 0.752. The number of nitrogens with zero attached hydrogens (tertiary/aromatic N) is 1. The predicted octanol–water partition coefficient (Wildman–Crippen LogP) is 2.91. The van der Waals surface area contributed by atoms with Gasteiger partial charge < -0.3 is 15.4 Å². The molecule has 0 saturated carbocycles. The summed E-state index contributed by atoms with van der Waals surface area (Å²) in [5, 5.41) is 5.03. The van der Waals surface area contributed by atoms with Crippen molar-refractivity contribution in [2.24, 2.45) is 0 Å². The van der Waals surface area contributed by atoms with E-state index in [0.29, 0.717) is 5.13 Å². The van der Waals surface area contributed by atoms with Gasteiger partial charge in [-0.2, -0.15) is 13.2 Å². The van der Waals surface area contributed by atoms with Crippen LogP contribution in [0.3, 0.4) is 0 Å². The third-order valence-electron chi connectivity index (χ3n) is 2.53. The molecule has 0 saturated heterocycles. The van der Waals surface area contributed by atoms with Crippen LogP contribution >= 0.6 is 11.3 Å². The maximum absolute atomic E-state index is 11.8. The molecule has 0 spiro atoms. The number of para-hydroxylation sites is 1. The molecule has 6 nitrogen and oxygen atoms in total. The highest BCUT2D eigenvalue weighted by Crippen LogP contribution is 2.25. The van der Waals surface area contributed by atoms with Gasteiger partial charge in [0.1, 0.15) is 0 Å². The average Bonchev–Trinajstić information content (AvgIpc) is 2.86. The molecule has 1 aromatic carbocycles. The Morgan fingerprint density at radius 3 is 2.70 bits per heavy atom. The first-order chi connectivity index (χ1) is 10.8. The van der Waals surface area contributed by atoms with E-state index in [1.807, 2.05) is 18.2 Å². The quantitative estimate of drug-likeness (QED) is 0.871. The van der Waals surface area contributed by atoms with Crippen LogP contribution in [0, 0.1) is 0 Å². The number of aromatic nitrogens is 1. The number of thiazole rings is 1. The van der Waals surface area contributed by atoms with Crippen molar-refractivity contribution in [3.63, 3.8) is 0 Å². The minimum atomic E-state index is -4.58. The molecule has 2 amide bonds. The van der Waals surface area contributed by atoms with E-state index < -0.39 is 24.8 Å². The SMILES string of the molecule is O=C(CCNC(=O)OCC(F)(F)F)Nc1nc2ccccc2s1. The van der Waals surface area contributed by atoms with E-state index >= 15 is 0 Å². The van der Waals surface area contributed by atoms with Crippen molar-refractivity contribution in [1.82, 2.24) is 10.3 Å². The van der Waals surface area contributed by atoms with E-state index in [-0.39, 0.29) is 13.0 Å². The highest BCUT2D eigenvalue weighted by molar-refractivity contribution is 7.22. The molecule has 124 valence electrons. The number of rotatable bonds is 5. The van der Waals surface area contributed by atoms with Gasteiger partial charge in [0.25, 0.3) is 0 Å². The fourth-order valence-electron chi connectivity index (χ4n) is 1.58. The molecule has 10 heteroatoms. The van der Waals surface area contributed by atoms with E-state index in [2.05, 4.69) is 20.4 Å². The molecule has 2 aromatic rings. The molecule has 0 aliphatic rings. The van der Waals surface area contributed by atoms with Gasteiger partial charge in [0.05, 0.1) is 10.2 Å². The zero-order valence-corrected chi connectivity index (χ0v) is 12.5. The summed E-state index contributed by atoms with van der Waals surface area (Å²) in [6, 6.07) is 7.34. The molecular weight excluding hydrogens is 335 g/mol. The van der Waals surface area contributed by atoms with Gasteiger partial charge in [-0.1, -0.05) is 23.5 Å². The van der Waals surface area contributed by atoms with Crippen molar-refractivity contribution in [2.75, 3.05) is 18.5 Å². The number of halogens is 3. The molecule has 23 heavy (non-hydrogen) atoms. The van der Waals surface area contributed by atoms with E-state index in [1.54, 1.807) is 6.07 Å². The third-order valence-corrected chi connectivity index (χ3v) is 3.48. The first-order valence-electron chi connectivity index (χ1n) is 6.46. The molecule has 0 atom stereocenters. The van der Waals surface area contributed by atoms with E-state index in [0.717, 1.165) is 10.2 Å². The number of carbonyl (C=O) groups is 2. The molecule has 0 radical (unpaired) electrons. The fraction of sp³-hybridized carbons (Fsp3) is 0.308. The van der Waals surface area contributed by atoms with Crippen molar-refractivity contribution < 1.29 is 27.5 Å². The normalized spacial score (nSPS) is 11.3. The summed E-state index contributed by atoms with van der Waals surface area (Å²) in [5.74, 6) is -0.417. The van der Waals surface area contributed by atoms with E-state index in [4.69, 9.17) is 0 Å². The van der Waals surface area contributed by atoms with Gasteiger partial charge in [-0.15, -0.1) is 0 Å². The second-order valence-electron chi connectivity index (χ2n) is 4.40. The molecular formula is C13H12F3N3O3S. The molecule has 2 rings (SSSR count). The number of hydrogen-bond donors (Lipinski definition) is 2. The number of fused-ring (bicyclic) bond motifs is 1. The fourth-order valence-corrected chi connectivity index (χ4v) is 2.47. The average molecular weight is 347 g/mol. The van der Waals surface area contributed by atoms with Crippen molar-refractivity contribution in [2.45, 2.75) is 12.6 Å². The molecule has 0 unspecified atom stereocenters. The maximum atomic E-state index is 11.8. The Morgan fingerprint density at radius 1 is 1.26 bits per heavy atom. The van der Waals surface area contributed by atoms with Gasteiger partial charge >= 0.3 is 12.3 Å². The van der Waals surface area contributed by atoms with Gasteiger partial charge in [-0.25, -0.2) is 9.78 Å². The summed E-state index contributed by atoms with van der Waals surface area (Å²) in [7, 11) is 0. The minimum Gasteiger partial charge on any atom is -0.440 e. The number of alkyl halides is 3. The van der Waals surface area contributed by atoms with Gasteiger partial charge in [-0.3, -0.25) is 4.79 Å². The summed E-state index contributed by atoms with van der Waals surface area (Å²) < 4.78 is 40.3. The third kappa shape index (κ3) is 5.74. The molecule has 1 aromatic heterocycles. The zero-order chi connectivity index (χ0) is 16.9. The Morgan fingerprint density at radius 2 is 2.00 bits per heavy atom. The topological polar surface area (TPSA) is 80.3 Å². The number of hydrogen-bond acceptors (Lipinski definition) is 5. The van der Waals surface area contributed by atoms with Crippen LogP contribution in [0.1, 0.15) is 6.42 Å². The minimum absolute atomic E-state index is 0.114. The Kier molecular flexibility index (Phi) is 5.37. The van der Waals surface area contributed by atoms with Crippen LogP contribution in [-0.2, 0) is 9.53 Å². The molecule has 0 bridgehead atoms. The number of alkyl carbamates (subject to hydrolysis) is 1. The second kappa shape index (κ2) is 7.27. The lowest BCUT2D eigenvalue weighted by molar-refractivity contribution is -0.160. The van der Waals surface area contributed by atoms with Gasteiger partial charge in [0, 0.05) is 13.0 Å². The summed E-state index contributed by atoms with van der Waals surface area (Å²) in [6.45, 7) is -1.82. The number of nitrogens with one attached hydrogen (secondary N) is 2. The predicted molar refractivity (Wildman–Crippen MR) is 78.3 cm³/mol. The zero-order valence-electron chi connectivity index (χ0n) is 11.6. The number of carbonyl (C=O) groups excluding carboxylic acids is 2. The van der Waals surface area contributed by atoms with Gasteiger partial charge in [0.15, 0.2) is 11.7 Å². The Bertz CT molecular complexity index is 669. The summed E-state index contributed by atoms with van der Waals surface area (Å²) in [6.07, 6.45) is -5.92. The lowest BCUT2D eigenvalue weighted by Gasteiger charge is -2.08. The van der Waals surface area contributed by atoms with Gasteiger partial charge in [0.2, 0.25) is 5.91 Å². The van der Waals surface area contributed by atoms with Crippen LogP contribution in [0.25, 0.3) is 10.2 Å². The van der Waals surface area contributed by atoms with Crippen LogP contribution < -0.4 is 10.6 Å². The lowest BCUT2D eigenvalue weighted by Crippen LogP contribution is -2.31.